The second kappa shape index (κ2) is 8.75. The van der Waals surface area contributed by atoms with Crippen LogP contribution in [0.25, 0.3) is 0 Å². The van der Waals surface area contributed by atoms with Gasteiger partial charge in [-0.25, -0.2) is 4.79 Å². The topological polar surface area (TPSA) is 96.6 Å². The van der Waals surface area contributed by atoms with E-state index >= 15 is 0 Å². The molecule has 0 radical (unpaired) electrons. The summed E-state index contributed by atoms with van der Waals surface area (Å²) in [6.07, 6.45) is -0.827. The highest BCUT2D eigenvalue weighted by molar-refractivity contribution is 5.86. The standard InChI is InChI=1S/C19H23N3O3/c1-13(2)19(24)25-12-16(23)11-21-15-8-9-18(17(20)10-15)22-14-6-4-3-5-7-14/h3-10,16,21-23H,1,11-12,20H2,2H3. The van der Waals surface area contributed by atoms with E-state index in [1.807, 2.05) is 42.5 Å². The number of carbonyl (C=O) groups excluding carboxylic acids is 1. The molecule has 0 spiro atoms. The van der Waals surface area contributed by atoms with Gasteiger partial charge in [0.05, 0.1) is 11.4 Å². The van der Waals surface area contributed by atoms with Gasteiger partial charge in [-0.05, 0) is 37.3 Å². The maximum Gasteiger partial charge on any atom is 0.333 e. The van der Waals surface area contributed by atoms with Gasteiger partial charge in [-0.1, -0.05) is 24.8 Å². The lowest BCUT2D eigenvalue weighted by Crippen LogP contribution is -2.26. The van der Waals surface area contributed by atoms with E-state index in [4.69, 9.17) is 10.5 Å². The lowest BCUT2D eigenvalue weighted by Gasteiger charge is -2.15. The van der Waals surface area contributed by atoms with Crippen molar-refractivity contribution in [2.24, 2.45) is 0 Å². The van der Waals surface area contributed by atoms with Gasteiger partial charge < -0.3 is 26.2 Å². The highest BCUT2D eigenvalue weighted by Crippen LogP contribution is 2.26. The minimum absolute atomic E-state index is 0.0954. The van der Waals surface area contributed by atoms with Gasteiger partial charge in [0.15, 0.2) is 0 Å². The summed E-state index contributed by atoms with van der Waals surface area (Å²) in [7, 11) is 0. The molecule has 0 saturated heterocycles. The van der Waals surface area contributed by atoms with Gasteiger partial charge in [0, 0.05) is 23.5 Å². The molecule has 2 aromatic rings. The predicted octanol–water partition coefficient (Wildman–Crippen LogP) is 2.90. The second-order valence-electron chi connectivity index (χ2n) is 5.71. The van der Waals surface area contributed by atoms with E-state index in [9.17, 15) is 9.90 Å². The van der Waals surface area contributed by atoms with Crippen molar-refractivity contribution in [3.8, 4) is 0 Å². The summed E-state index contributed by atoms with van der Waals surface area (Å²) in [5, 5.41) is 16.1. The SMILES string of the molecule is C=C(C)C(=O)OCC(O)CNc1ccc(Nc2ccccc2)c(N)c1. The second-order valence-corrected chi connectivity index (χ2v) is 5.71. The average molecular weight is 341 g/mol. The summed E-state index contributed by atoms with van der Waals surface area (Å²) >= 11 is 0. The Bertz CT molecular complexity index is 732. The first-order chi connectivity index (χ1) is 12.0. The van der Waals surface area contributed by atoms with E-state index in [0.717, 1.165) is 17.1 Å². The largest absolute Gasteiger partial charge is 0.460 e. The molecule has 0 aliphatic carbocycles. The zero-order valence-electron chi connectivity index (χ0n) is 14.2. The highest BCUT2D eigenvalue weighted by atomic mass is 16.5. The Labute approximate surface area is 147 Å². The van der Waals surface area contributed by atoms with E-state index < -0.39 is 12.1 Å². The average Bonchev–Trinajstić information content (AvgIpc) is 2.60. The number of nitrogens with one attached hydrogen (secondary N) is 2. The van der Waals surface area contributed by atoms with Crippen LogP contribution >= 0.6 is 0 Å². The summed E-state index contributed by atoms with van der Waals surface area (Å²) in [5.74, 6) is -0.514. The fraction of sp³-hybridized carbons (Fsp3) is 0.211. The van der Waals surface area contributed by atoms with E-state index in [0.29, 0.717) is 11.3 Å². The number of aliphatic hydroxyl groups excluding tert-OH is 1. The molecular weight excluding hydrogens is 318 g/mol. The van der Waals surface area contributed by atoms with E-state index in [2.05, 4.69) is 17.2 Å². The van der Waals surface area contributed by atoms with Gasteiger partial charge in [0.25, 0.3) is 0 Å². The van der Waals surface area contributed by atoms with Crippen molar-refractivity contribution < 1.29 is 14.6 Å². The lowest BCUT2D eigenvalue weighted by atomic mass is 10.2. The Morgan fingerprint density at radius 2 is 1.96 bits per heavy atom. The number of ether oxygens (including phenoxy) is 1. The van der Waals surface area contributed by atoms with Crippen LogP contribution < -0.4 is 16.4 Å². The number of benzene rings is 2. The molecule has 2 rings (SSSR count). The van der Waals surface area contributed by atoms with Gasteiger partial charge in [-0.3, -0.25) is 0 Å². The molecule has 6 heteroatoms. The van der Waals surface area contributed by atoms with Crippen LogP contribution in [-0.2, 0) is 9.53 Å². The molecule has 0 aliphatic rings. The summed E-state index contributed by atoms with van der Waals surface area (Å²) in [6, 6.07) is 15.2. The fourth-order valence-corrected chi connectivity index (χ4v) is 2.05. The molecule has 1 unspecified atom stereocenters. The van der Waals surface area contributed by atoms with E-state index in [1.54, 1.807) is 13.0 Å². The summed E-state index contributed by atoms with van der Waals surface area (Å²) < 4.78 is 4.90. The first kappa shape index (κ1) is 18.4. The Hall–Kier alpha value is -2.99. The first-order valence-corrected chi connectivity index (χ1v) is 7.92. The Morgan fingerprint density at radius 3 is 2.60 bits per heavy atom. The number of nitrogens with two attached hydrogens (primary N) is 1. The Kier molecular flexibility index (Phi) is 6.42. The molecule has 0 saturated carbocycles. The van der Waals surface area contributed by atoms with Gasteiger partial charge in [0.2, 0.25) is 0 Å². The zero-order valence-corrected chi connectivity index (χ0v) is 14.2. The molecule has 25 heavy (non-hydrogen) atoms. The molecule has 132 valence electrons. The van der Waals surface area contributed by atoms with Crippen molar-refractivity contribution in [1.29, 1.82) is 0 Å². The highest BCUT2D eigenvalue weighted by Gasteiger charge is 2.09. The van der Waals surface area contributed by atoms with Crippen LogP contribution in [-0.4, -0.2) is 30.3 Å². The van der Waals surface area contributed by atoms with Crippen molar-refractivity contribution >= 4 is 28.7 Å². The Balaban J connectivity index is 1.86. The number of para-hydroxylation sites is 1. The van der Waals surface area contributed by atoms with Gasteiger partial charge in [-0.15, -0.1) is 0 Å². The van der Waals surface area contributed by atoms with Crippen molar-refractivity contribution in [2.45, 2.75) is 13.0 Å². The third kappa shape index (κ3) is 5.86. The molecule has 2 aromatic carbocycles. The summed E-state index contributed by atoms with van der Waals surface area (Å²) in [5.41, 5.74) is 9.46. The van der Waals surface area contributed by atoms with E-state index in [-0.39, 0.29) is 13.2 Å². The summed E-state index contributed by atoms with van der Waals surface area (Å²) in [4.78, 5) is 11.3. The van der Waals surface area contributed by atoms with Crippen LogP contribution in [0, 0.1) is 0 Å². The molecule has 1 atom stereocenters. The van der Waals surface area contributed by atoms with Crippen LogP contribution in [0.15, 0.2) is 60.7 Å². The van der Waals surface area contributed by atoms with Gasteiger partial charge in [0.1, 0.15) is 12.7 Å². The molecule has 0 aromatic heterocycles. The number of hydrogen-bond acceptors (Lipinski definition) is 6. The number of aliphatic hydroxyl groups is 1. The van der Waals surface area contributed by atoms with Gasteiger partial charge >= 0.3 is 5.97 Å². The molecule has 6 nitrogen and oxygen atoms in total. The van der Waals surface area contributed by atoms with E-state index in [1.165, 1.54) is 0 Å². The zero-order chi connectivity index (χ0) is 18.2. The maximum absolute atomic E-state index is 11.3. The van der Waals surface area contributed by atoms with Crippen LogP contribution in [0.5, 0.6) is 0 Å². The van der Waals surface area contributed by atoms with Crippen molar-refractivity contribution in [2.75, 3.05) is 29.5 Å². The minimum Gasteiger partial charge on any atom is -0.460 e. The van der Waals surface area contributed by atoms with Crippen molar-refractivity contribution in [1.82, 2.24) is 0 Å². The quantitative estimate of drug-likeness (QED) is 0.335. The molecular formula is C19H23N3O3. The lowest BCUT2D eigenvalue weighted by molar-refractivity contribution is -0.141. The fourth-order valence-electron chi connectivity index (χ4n) is 2.05. The molecule has 5 N–H and O–H groups in total. The predicted molar refractivity (Wildman–Crippen MR) is 101 cm³/mol. The van der Waals surface area contributed by atoms with Crippen molar-refractivity contribution in [3.05, 3.63) is 60.7 Å². The smallest absolute Gasteiger partial charge is 0.333 e. The van der Waals surface area contributed by atoms with Crippen LogP contribution in [0.1, 0.15) is 6.92 Å². The normalized spacial score (nSPS) is 11.4. The molecule has 0 bridgehead atoms. The van der Waals surface area contributed by atoms with Gasteiger partial charge in [-0.2, -0.15) is 0 Å². The molecule has 0 fully saturated rings. The number of hydrogen-bond donors (Lipinski definition) is 4. The maximum atomic E-state index is 11.3. The third-order valence-electron chi connectivity index (χ3n) is 3.40. The molecule has 0 heterocycles. The number of anilines is 4. The number of carbonyl (C=O) groups is 1. The first-order valence-electron chi connectivity index (χ1n) is 7.92. The number of nitrogen functional groups attached to an aromatic ring is 1. The number of rotatable bonds is 8. The third-order valence-corrected chi connectivity index (χ3v) is 3.40. The van der Waals surface area contributed by atoms with Crippen molar-refractivity contribution in [3.63, 3.8) is 0 Å². The molecule has 0 amide bonds. The van der Waals surface area contributed by atoms with Crippen LogP contribution in [0.4, 0.5) is 22.7 Å². The molecule has 0 aliphatic heterocycles. The monoisotopic (exact) mass is 341 g/mol. The van der Waals surface area contributed by atoms with Crippen LogP contribution in [0.3, 0.4) is 0 Å². The number of esters is 1. The summed E-state index contributed by atoms with van der Waals surface area (Å²) in [6.45, 7) is 5.17. The minimum atomic E-state index is -0.827. The Morgan fingerprint density at radius 1 is 1.24 bits per heavy atom. The van der Waals surface area contributed by atoms with Crippen LogP contribution in [0.2, 0.25) is 0 Å².